The van der Waals surface area contributed by atoms with Crippen LogP contribution in [0.3, 0.4) is 0 Å². The van der Waals surface area contributed by atoms with E-state index >= 15 is 0 Å². The zero-order valence-electron chi connectivity index (χ0n) is 11.2. The van der Waals surface area contributed by atoms with Crippen LogP contribution in [0, 0.1) is 0 Å². The quantitative estimate of drug-likeness (QED) is 0.821. The third-order valence-electron chi connectivity index (χ3n) is 2.90. The molecule has 0 aliphatic carbocycles. The van der Waals surface area contributed by atoms with Crippen LogP contribution in [0.15, 0.2) is 51.8 Å². The van der Waals surface area contributed by atoms with Crippen molar-refractivity contribution in [3.05, 3.63) is 57.5 Å². The lowest BCUT2D eigenvalue weighted by Gasteiger charge is -2.10. The van der Waals surface area contributed by atoms with Gasteiger partial charge in [-0.05, 0) is 49.0 Å². The fourth-order valence-corrected chi connectivity index (χ4v) is 3.12. The standard InChI is InChI=1S/C14H14BrClN2O2S/c1-17-21(19,20)13-4-2-3-12(8-13)18-9-10-7-11(16)5-6-14(10)15/h2-8,17-18H,9H2,1H3. The summed E-state index contributed by atoms with van der Waals surface area (Å²) in [4.78, 5) is 0.222. The smallest absolute Gasteiger partial charge is 0.240 e. The van der Waals surface area contributed by atoms with Crippen molar-refractivity contribution in [2.75, 3.05) is 12.4 Å². The van der Waals surface area contributed by atoms with Crippen molar-refractivity contribution in [1.29, 1.82) is 0 Å². The highest BCUT2D eigenvalue weighted by atomic mass is 79.9. The number of hydrogen-bond donors (Lipinski definition) is 2. The van der Waals surface area contributed by atoms with Gasteiger partial charge in [-0.25, -0.2) is 13.1 Å². The SMILES string of the molecule is CNS(=O)(=O)c1cccc(NCc2cc(Cl)ccc2Br)c1. The molecule has 2 aromatic rings. The summed E-state index contributed by atoms with van der Waals surface area (Å²) in [5.74, 6) is 0. The molecule has 0 radical (unpaired) electrons. The molecule has 0 heterocycles. The molecule has 0 saturated carbocycles. The number of hydrogen-bond acceptors (Lipinski definition) is 3. The van der Waals surface area contributed by atoms with Crippen LogP contribution in [0.2, 0.25) is 5.02 Å². The van der Waals surface area contributed by atoms with Crippen molar-refractivity contribution in [3.63, 3.8) is 0 Å². The minimum absolute atomic E-state index is 0.222. The van der Waals surface area contributed by atoms with Gasteiger partial charge in [0.2, 0.25) is 10.0 Å². The van der Waals surface area contributed by atoms with Gasteiger partial charge in [0.1, 0.15) is 0 Å². The first kappa shape index (κ1) is 16.3. The van der Waals surface area contributed by atoms with Crippen LogP contribution in [0.4, 0.5) is 5.69 Å². The molecule has 0 bridgehead atoms. The minimum atomic E-state index is -3.44. The van der Waals surface area contributed by atoms with Crippen molar-refractivity contribution in [2.45, 2.75) is 11.4 Å². The Kier molecular flexibility index (Phi) is 5.27. The van der Waals surface area contributed by atoms with Gasteiger partial charge in [-0.15, -0.1) is 0 Å². The Morgan fingerprint density at radius 1 is 1.19 bits per heavy atom. The van der Waals surface area contributed by atoms with Crippen molar-refractivity contribution in [3.8, 4) is 0 Å². The topological polar surface area (TPSA) is 58.2 Å². The maximum absolute atomic E-state index is 11.8. The minimum Gasteiger partial charge on any atom is -0.381 e. The molecule has 0 atom stereocenters. The third kappa shape index (κ3) is 4.20. The predicted octanol–water partition coefficient (Wildman–Crippen LogP) is 3.62. The van der Waals surface area contributed by atoms with E-state index in [1.165, 1.54) is 7.05 Å². The highest BCUT2D eigenvalue weighted by molar-refractivity contribution is 9.10. The van der Waals surface area contributed by atoms with Gasteiger partial charge in [0.15, 0.2) is 0 Å². The molecule has 0 aromatic heterocycles. The fraction of sp³-hybridized carbons (Fsp3) is 0.143. The molecule has 0 aliphatic heterocycles. The second-order valence-corrected chi connectivity index (χ2v) is 7.50. The second kappa shape index (κ2) is 6.79. The molecule has 0 saturated heterocycles. The lowest BCUT2D eigenvalue weighted by atomic mass is 10.2. The Labute approximate surface area is 137 Å². The van der Waals surface area contributed by atoms with E-state index < -0.39 is 10.0 Å². The van der Waals surface area contributed by atoms with Crippen LogP contribution in [0.1, 0.15) is 5.56 Å². The van der Waals surface area contributed by atoms with E-state index in [0.717, 1.165) is 15.7 Å². The molecule has 0 spiro atoms. The Hall–Kier alpha value is -1.08. The van der Waals surface area contributed by atoms with Crippen LogP contribution >= 0.6 is 27.5 Å². The molecular formula is C14H14BrClN2O2S. The van der Waals surface area contributed by atoms with Gasteiger partial charge in [-0.1, -0.05) is 33.6 Å². The first-order valence-corrected chi connectivity index (χ1v) is 8.79. The van der Waals surface area contributed by atoms with Crippen molar-refractivity contribution in [1.82, 2.24) is 4.72 Å². The first-order valence-electron chi connectivity index (χ1n) is 6.14. The number of nitrogens with one attached hydrogen (secondary N) is 2. The maximum Gasteiger partial charge on any atom is 0.240 e. The highest BCUT2D eigenvalue weighted by Gasteiger charge is 2.11. The van der Waals surface area contributed by atoms with Gasteiger partial charge < -0.3 is 5.32 Å². The van der Waals surface area contributed by atoms with Crippen LogP contribution in [-0.4, -0.2) is 15.5 Å². The van der Waals surface area contributed by atoms with Gasteiger partial charge in [-0.2, -0.15) is 0 Å². The van der Waals surface area contributed by atoms with Crippen LogP contribution in [0.25, 0.3) is 0 Å². The van der Waals surface area contributed by atoms with Gasteiger partial charge in [0, 0.05) is 21.7 Å². The summed E-state index contributed by atoms with van der Waals surface area (Å²) < 4.78 is 26.8. The van der Waals surface area contributed by atoms with E-state index in [-0.39, 0.29) is 4.90 Å². The van der Waals surface area contributed by atoms with Crippen molar-refractivity contribution in [2.24, 2.45) is 0 Å². The maximum atomic E-state index is 11.8. The summed E-state index contributed by atoms with van der Waals surface area (Å²) in [6, 6.07) is 12.2. The van der Waals surface area contributed by atoms with Crippen LogP contribution in [0.5, 0.6) is 0 Å². The molecule has 2 N–H and O–H groups in total. The largest absolute Gasteiger partial charge is 0.381 e. The molecule has 2 aromatic carbocycles. The molecule has 0 aliphatic rings. The third-order valence-corrected chi connectivity index (χ3v) is 5.32. The van der Waals surface area contributed by atoms with Gasteiger partial charge in [0.05, 0.1) is 4.90 Å². The summed E-state index contributed by atoms with van der Waals surface area (Å²) in [6.45, 7) is 0.532. The normalized spacial score (nSPS) is 11.4. The van der Waals surface area contributed by atoms with Crippen molar-refractivity contribution >= 4 is 43.2 Å². The Balaban J connectivity index is 2.18. The van der Waals surface area contributed by atoms with E-state index in [9.17, 15) is 8.42 Å². The van der Waals surface area contributed by atoms with E-state index in [1.54, 1.807) is 24.3 Å². The molecule has 21 heavy (non-hydrogen) atoms. The predicted molar refractivity (Wildman–Crippen MR) is 89.2 cm³/mol. The second-order valence-electron chi connectivity index (χ2n) is 4.32. The zero-order valence-corrected chi connectivity index (χ0v) is 14.4. The average Bonchev–Trinajstić information content (AvgIpc) is 2.48. The van der Waals surface area contributed by atoms with Gasteiger partial charge in [-0.3, -0.25) is 0 Å². The average molecular weight is 390 g/mol. The van der Waals surface area contributed by atoms with Crippen molar-refractivity contribution < 1.29 is 8.42 Å². The van der Waals surface area contributed by atoms with E-state index in [1.807, 2.05) is 18.2 Å². The molecule has 0 fully saturated rings. The number of rotatable bonds is 5. The summed E-state index contributed by atoms with van der Waals surface area (Å²) in [5.41, 5.74) is 1.71. The number of halogens is 2. The van der Waals surface area contributed by atoms with E-state index in [2.05, 4.69) is 26.0 Å². The summed E-state index contributed by atoms with van der Waals surface area (Å²) >= 11 is 9.42. The number of anilines is 1. The molecular weight excluding hydrogens is 376 g/mol. The zero-order chi connectivity index (χ0) is 15.5. The summed E-state index contributed by atoms with van der Waals surface area (Å²) in [6.07, 6.45) is 0. The Morgan fingerprint density at radius 3 is 2.67 bits per heavy atom. The van der Waals surface area contributed by atoms with Gasteiger partial charge in [0.25, 0.3) is 0 Å². The van der Waals surface area contributed by atoms with Crippen LogP contribution in [-0.2, 0) is 16.6 Å². The van der Waals surface area contributed by atoms with E-state index in [0.29, 0.717) is 11.6 Å². The van der Waals surface area contributed by atoms with Crippen LogP contribution < -0.4 is 10.0 Å². The number of sulfonamides is 1. The van der Waals surface area contributed by atoms with E-state index in [4.69, 9.17) is 11.6 Å². The molecule has 0 amide bonds. The first-order chi connectivity index (χ1) is 9.92. The Morgan fingerprint density at radius 2 is 1.95 bits per heavy atom. The number of benzene rings is 2. The van der Waals surface area contributed by atoms with Gasteiger partial charge >= 0.3 is 0 Å². The molecule has 2 rings (SSSR count). The monoisotopic (exact) mass is 388 g/mol. The Bertz CT molecular complexity index is 750. The molecule has 0 unspecified atom stereocenters. The lowest BCUT2D eigenvalue weighted by molar-refractivity contribution is 0.588. The lowest BCUT2D eigenvalue weighted by Crippen LogP contribution is -2.18. The molecule has 4 nitrogen and oxygen atoms in total. The fourth-order valence-electron chi connectivity index (χ4n) is 1.77. The summed E-state index contributed by atoms with van der Waals surface area (Å²) in [7, 11) is -2.05. The molecule has 7 heteroatoms. The highest BCUT2D eigenvalue weighted by Crippen LogP contribution is 2.23. The summed E-state index contributed by atoms with van der Waals surface area (Å²) in [5, 5.41) is 3.84. The molecule has 112 valence electrons.